The Hall–Kier alpha value is -0.100. The fourth-order valence-corrected chi connectivity index (χ4v) is 3.12. The SMILES string of the molecule is O=C(c1cc(Cl)c(Br)s1)c1ccoc1Br. The molecule has 0 amide bonds. The van der Waals surface area contributed by atoms with Crippen molar-refractivity contribution >= 4 is 60.6 Å². The van der Waals surface area contributed by atoms with E-state index in [4.69, 9.17) is 16.0 Å². The van der Waals surface area contributed by atoms with Crippen molar-refractivity contribution in [3.63, 3.8) is 0 Å². The van der Waals surface area contributed by atoms with Gasteiger partial charge in [-0.1, -0.05) is 11.6 Å². The standard InChI is InChI=1S/C9H3Br2ClO2S/c10-8-4(1-2-14-8)7(13)6-3-5(12)9(11)15-6/h1-3H. The summed E-state index contributed by atoms with van der Waals surface area (Å²) in [6, 6.07) is 3.26. The van der Waals surface area contributed by atoms with Gasteiger partial charge in [-0.05, 0) is 44.0 Å². The van der Waals surface area contributed by atoms with Crippen LogP contribution in [-0.4, -0.2) is 5.78 Å². The molecule has 2 aromatic rings. The molecule has 0 saturated heterocycles. The Morgan fingerprint density at radius 3 is 2.67 bits per heavy atom. The van der Waals surface area contributed by atoms with Gasteiger partial charge in [0.1, 0.15) is 0 Å². The number of rotatable bonds is 2. The molecule has 15 heavy (non-hydrogen) atoms. The van der Waals surface area contributed by atoms with E-state index in [2.05, 4.69) is 31.9 Å². The molecule has 0 aliphatic rings. The zero-order valence-electron chi connectivity index (χ0n) is 7.09. The van der Waals surface area contributed by atoms with Crippen molar-refractivity contribution < 1.29 is 9.21 Å². The predicted octanol–water partition coefficient (Wildman–Crippen LogP) is 4.75. The van der Waals surface area contributed by atoms with Crippen LogP contribution in [0.2, 0.25) is 5.02 Å². The Kier molecular flexibility index (Phi) is 3.35. The maximum Gasteiger partial charge on any atom is 0.207 e. The molecule has 0 saturated carbocycles. The third kappa shape index (κ3) is 2.20. The van der Waals surface area contributed by atoms with E-state index in [1.54, 1.807) is 12.1 Å². The van der Waals surface area contributed by atoms with Crippen LogP contribution in [0.4, 0.5) is 0 Å². The Labute approximate surface area is 111 Å². The van der Waals surface area contributed by atoms with Crippen molar-refractivity contribution in [2.75, 3.05) is 0 Å². The highest BCUT2D eigenvalue weighted by atomic mass is 79.9. The van der Waals surface area contributed by atoms with Crippen LogP contribution in [0.15, 0.2) is 31.3 Å². The lowest BCUT2D eigenvalue weighted by Gasteiger charge is -1.92. The zero-order chi connectivity index (χ0) is 11.0. The van der Waals surface area contributed by atoms with Crippen LogP contribution in [0.3, 0.4) is 0 Å². The summed E-state index contributed by atoms with van der Waals surface area (Å²) in [6.45, 7) is 0. The van der Waals surface area contributed by atoms with Crippen LogP contribution in [0.25, 0.3) is 0 Å². The molecule has 2 aromatic heterocycles. The van der Waals surface area contributed by atoms with Gasteiger partial charge in [0.15, 0.2) is 4.67 Å². The van der Waals surface area contributed by atoms with Crippen molar-refractivity contribution in [3.8, 4) is 0 Å². The Morgan fingerprint density at radius 1 is 1.47 bits per heavy atom. The molecular formula is C9H3Br2ClO2S. The molecule has 0 aromatic carbocycles. The largest absolute Gasteiger partial charge is 0.457 e. The lowest BCUT2D eigenvalue weighted by atomic mass is 10.2. The lowest BCUT2D eigenvalue weighted by molar-refractivity contribution is 0.104. The van der Waals surface area contributed by atoms with Gasteiger partial charge in [0.05, 0.1) is 25.5 Å². The first-order valence-electron chi connectivity index (χ1n) is 3.82. The maximum absolute atomic E-state index is 11.9. The van der Waals surface area contributed by atoms with Crippen molar-refractivity contribution in [1.82, 2.24) is 0 Å². The van der Waals surface area contributed by atoms with Crippen LogP contribution >= 0.6 is 54.8 Å². The lowest BCUT2D eigenvalue weighted by Crippen LogP contribution is -1.96. The molecule has 2 nitrogen and oxygen atoms in total. The van der Waals surface area contributed by atoms with E-state index in [1.165, 1.54) is 17.6 Å². The summed E-state index contributed by atoms with van der Waals surface area (Å²) in [6.07, 6.45) is 1.46. The summed E-state index contributed by atoms with van der Waals surface area (Å²) in [5.41, 5.74) is 0.500. The van der Waals surface area contributed by atoms with E-state index in [0.717, 1.165) is 3.79 Å². The Morgan fingerprint density at radius 2 is 2.20 bits per heavy atom. The van der Waals surface area contributed by atoms with Gasteiger partial charge >= 0.3 is 0 Å². The third-order valence-electron chi connectivity index (χ3n) is 1.73. The molecule has 6 heteroatoms. The summed E-state index contributed by atoms with van der Waals surface area (Å²) < 4.78 is 6.19. The molecule has 0 fully saturated rings. The number of hydrogen-bond donors (Lipinski definition) is 0. The van der Waals surface area contributed by atoms with Crippen LogP contribution in [-0.2, 0) is 0 Å². The molecule has 0 bridgehead atoms. The minimum Gasteiger partial charge on any atom is -0.457 e. The van der Waals surface area contributed by atoms with Gasteiger partial charge in [0, 0.05) is 0 Å². The topological polar surface area (TPSA) is 30.2 Å². The van der Waals surface area contributed by atoms with Gasteiger partial charge in [-0.15, -0.1) is 11.3 Å². The predicted molar refractivity (Wildman–Crippen MR) is 66.9 cm³/mol. The monoisotopic (exact) mass is 368 g/mol. The van der Waals surface area contributed by atoms with Crippen molar-refractivity contribution in [2.45, 2.75) is 0 Å². The van der Waals surface area contributed by atoms with E-state index in [1.807, 2.05) is 0 Å². The summed E-state index contributed by atoms with van der Waals surface area (Å²) in [4.78, 5) is 12.5. The average molecular weight is 370 g/mol. The molecule has 78 valence electrons. The minimum absolute atomic E-state index is 0.103. The highest BCUT2D eigenvalue weighted by Crippen LogP contribution is 2.34. The van der Waals surface area contributed by atoms with Crippen LogP contribution in [0.1, 0.15) is 15.2 Å². The van der Waals surface area contributed by atoms with E-state index in [9.17, 15) is 4.79 Å². The number of hydrogen-bond acceptors (Lipinski definition) is 3. The molecule has 0 N–H and O–H groups in total. The summed E-state index contributed by atoms with van der Waals surface area (Å²) in [5, 5.41) is 0.544. The summed E-state index contributed by atoms with van der Waals surface area (Å²) >= 11 is 13.6. The molecule has 2 heterocycles. The number of carbonyl (C=O) groups is 1. The van der Waals surface area contributed by atoms with Crippen LogP contribution in [0.5, 0.6) is 0 Å². The first-order chi connectivity index (χ1) is 7.09. The van der Waals surface area contributed by atoms with Gasteiger partial charge in [-0.3, -0.25) is 4.79 Å². The zero-order valence-corrected chi connectivity index (χ0v) is 11.8. The van der Waals surface area contributed by atoms with E-state index >= 15 is 0 Å². The number of halogens is 3. The maximum atomic E-state index is 11.9. The number of ketones is 1. The fraction of sp³-hybridized carbons (Fsp3) is 0. The molecule has 0 radical (unpaired) electrons. The molecule has 2 rings (SSSR count). The first-order valence-corrected chi connectivity index (χ1v) is 6.60. The van der Waals surface area contributed by atoms with Crippen molar-refractivity contribution in [2.24, 2.45) is 0 Å². The van der Waals surface area contributed by atoms with Crippen molar-refractivity contribution in [1.29, 1.82) is 0 Å². The second-order valence-corrected chi connectivity index (χ2v) is 6.17. The van der Waals surface area contributed by atoms with Crippen molar-refractivity contribution in [3.05, 3.63) is 42.3 Å². The Bertz CT molecular complexity index is 498. The first kappa shape index (κ1) is 11.4. The highest BCUT2D eigenvalue weighted by molar-refractivity contribution is 9.11. The third-order valence-corrected chi connectivity index (χ3v) is 4.82. The molecule has 0 unspecified atom stereocenters. The molecule has 0 atom stereocenters. The van der Waals surface area contributed by atoms with E-state index in [0.29, 0.717) is 20.1 Å². The molecule has 0 spiro atoms. The van der Waals surface area contributed by atoms with Gasteiger partial charge in [-0.2, -0.15) is 0 Å². The molecule has 0 aliphatic heterocycles. The Balaban J connectivity index is 2.41. The number of furan rings is 1. The smallest absolute Gasteiger partial charge is 0.207 e. The summed E-state index contributed by atoms with van der Waals surface area (Å²) in [5.74, 6) is -0.103. The van der Waals surface area contributed by atoms with Crippen LogP contribution < -0.4 is 0 Å². The van der Waals surface area contributed by atoms with E-state index in [-0.39, 0.29) is 5.78 Å². The quantitative estimate of drug-likeness (QED) is 0.714. The van der Waals surface area contributed by atoms with Gasteiger partial charge in [0.25, 0.3) is 0 Å². The molecule has 0 aliphatic carbocycles. The number of thiophene rings is 1. The van der Waals surface area contributed by atoms with Gasteiger partial charge < -0.3 is 4.42 Å². The number of carbonyl (C=O) groups excluding carboxylic acids is 1. The summed E-state index contributed by atoms with van der Waals surface area (Å²) in [7, 11) is 0. The fourth-order valence-electron chi connectivity index (χ4n) is 1.05. The van der Waals surface area contributed by atoms with Gasteiger partial charge in [0.2, 0.25) is 5.78 Å². The second kappa shape index (κ2) is 4.41. The van der Waals surface area contributed by atoms with E-state index < -0.39 is 0 Å². The average Bonchev–Trinajstić information content (AvgIpc) is 2.74. The highest BCUT2D eigenvalue weighted by Gasteiger charge is 2.18. The molecular weight excluding hydrogens is 367 g/mol. The van der Waals surface area contributed by atoms with Gasteiger partial charge in [-0.25, -0.2) is 0 Å². The minimum atomic E-state index is -0.103. The second-order valence-electron chi connectivity index (χ2n) is 2.67. The normalized spacial score (nSPS) is 10.6. The van der Waals surface area contributed by atoms with Crippen LogP contribution in [0, 0.1) is 0 Å².